The van der Waals surface area contributed by atoms with Crippen molar-refractivity contribution in [2.24, 2.45) is 4.99 Å². The average Bonchev–Trinajstić information content (AvgIpc) is 3.31. The van der Waals surface area contributed by atoms with Crippen LogP contribution in [0, 0.1) is 13.8 Å². The molecule has 0 bridgehead atoms. The van der Waals surface area contributed by atoms with Gasteiger partial charge in [-0.05, 0) is 20.8 Å². The van der Waals surface area contributed by atoms with Crippen LogP contribution in [0.4, 0.5) is 0 Å². The van der Waals surface area contributed by atoms with E-state index in [-0.39, 0.29) is 25.9 Å². The van der Waals surface area contributed by atoms with E-state index in [1.807, 2.05) is 13.0 Å². The van der Waals surface area contributed by atoms with E-state index in [4.69, 9.17) is 14.2 Å². The first-order chi connectivity index (χ1) is 13.5. The Morgan fingerprint density at radius 3 is 2.68 bits per heavy atom. The number of rotatable bonds is 4. The Labute approximate surface area is 168 Å². The Morgan fingerprint density at radius 1 is 1.25 bits per heavy atom. The second-order valence-corrected chi connectivity index (χ2v) is 8.23. The molecular formula is C18H17N3O5S2. The summed E-state index contributed by atoms with van der Waals surface area (Å²) in [7, 11) is 0. The molecule has 0 atom stereocenters. The van der Waals surface area contributed by atoms with Gasteiger partial charge in [-0.25, -0.2) is 4.98 Å². The fraction of sp³-hybridized carbons (Fsp3) is 0.333. The van der Waals surface area contributed by atoms with Crippen molar-refractivity contribution in [1.82, 2.24) is 9.55 Å². The van der Waals surface area contributed by atoms with E-state index in [9.17, 15) is 9.59 Å². The summed E-state index contributed by atoms with van der Waals surface area (Å²) in [5, 5.41) is 0.803. The number of thiazole rings is 2. The molecule has 3 heterocycles. The third-order valence-electron chi connectivity index (χ3n) is 4.06. The van der Waals surface area contributed by atoms with E-state index >= 15 is 0 Å². The molecule has 1 aromatic carbocycles. The molecule has 0 saturated heterocycles. The summed E-state index contributed by atoms with van der Waals surface area (Å²) in [5.41, 5.74) is 1.38. The number of esters is 1. The molecule has 10 heteroatoms. The molecule has 4 rings (SSSR count). The highest BCUT2D eigenvalue weighted by Gasteiger charge is 2.20. The molecule has 0 radical (unpaired) electrons. The number of ether oxygens (including phenoxy) is 3. The van der Waals surface area contributed by atoms with Crippen LogP contribution >= 0.6 is 22.7 Å². The van der Waals surface area contributed by atoms with Crippen molar-refractivity contribution in [2.45, 2.75) is 27.3 Å². The summed E-state index contributed by atoms with van der Waals surface area (Å²) < 4.78 is 18.4. The van der Waals surface area contributed by atoms with Crippen molar-refractivity contribution >= 4 is 44.8 Å². The van der Waals surface area contributed by atoms with E-state index in [1.165, 1.54) is 22.7 Å². The second-order valence-electron chi connectivity index (χ2n) is 6.01. The number of amides is 1. The van der Waals surface area contributed by atoms with Crippen LogP contribution in [0.3, 0.4) is 0 Å². The summed E-state index contributed by atoms with van der Waals surface area (Å²) in [5.74, 6) is 0.435. The Bertz CT molecular complexity index is 1160. The van der Waals surface area contributed by atoms with Gasteiger partial charge in [0.2, 0.25) is 6.79 Å². The maximum absolute atomic E-state index is 12.7. The summed E-state index contributed by atoms with van der Waals surface area (Å²) >= 11 is 2.61. The summed E-state index contributed by atoms with van der Waals surface area (Å²) in [6.07, 6.45) is 0. The summed E-state index contributed by atoms with van der Waals surface area (Å²) in [4.78, 5) is 34.3. The number of hydrogen-bond donors (Lipinski definition) is 0. The molecule has 0 spiro atoms. The van der Waals surface area contributed by atoms with Crippen molar-refractivity contribution in [3.63, 3.8) is 0 Å². The molecule has 0 aliphatic carbocycles. The monoisotopic (exact) mass is 419 g/mol. The average molecular weight is 419 g/mol. The minimum atomic E-state index is -0.404. The molecule has 146 valence electrons. The summed E-state index contributed by atoms with van der Waals surface area (Å²) in [6, 6.07) is 3.62. The number of hydrogen-bond acceptors (Lipinski definition) is 8. The molecule has 0 N–H and O–H groups in total. The van der Waals surface area contributed by atoms with E-state index in [0.29, 0.717) is 26.9 Å². The van der Waals surface area contributed by atoms with Gasteiger partial charge in [0, 0.05) is 12.1 Å². The number of aromatic nitrogens is 2. The van der Waals surface area contributed by atoms with Gasteiger partial charge in [0.15, 0.2) is 16.3 Å². The van der Waals surface area contributed by atoms with Crippen molar-refractivity contribution in [3.05, 3.63) is 32.5 Å². The number of aryl methyl sites for hydroxylation is 2. The van der Waals surface area contributed by atoms with Gasteiger partial charge >= 0.3 is 5.97 Å². The maximum Gasteiger partial charge on any atom is 0.326 e. The molecule has 8 nitrogen and oxygen atoms in total. The predicted molar refractivity (Wildman–Crippen MR) is 104 cm³/mol. The van der Waals surface area contributed by atoms with Gasteiger partial charge in [-0.3, -0.25) is 9.59 Å². The molecule has 1 aliphatic heterocycles. The van der Waals surface area contributed by atoms with Crippen LogP contribution in [-0.2, 0) is 16.1 Å². The highest BCUT2D eigenvalue weighted by molar-refractivity contribution is 7.16. The summed E-state index contributed by atoms with van der Waals surface area (Å²) in [6.45, 7) is 5.75. The lowest BCUT2D eigenvalue weighted by Crippen LogP contribution is -2.23. The van der Waals surface area contributed by atoms with Gasteiger partial charge in [-0.15, -0.1) is 11.3 Å². The highest BCUT2D eigenvalue weighted by atomic mass is 32.1. The molecule has 2 aromatic heterocycles. The van der Waals surface area contributed by atoms with Crippen LogP contribution in [0.25, 0.3) is 10.2 Å². The normalized spacial score (nSPS) is 13.3. The standard InChI is InChI=1S/C18H17N3O5S2/c1-4-24-15(22)7-21-11-5-12-13(26-8-25-12)6-14(11)28-18(21)20-17(23)16-9(2)19-10(3)27-16/h5-6H,4,7-8H2,1-3H3. The first-order valence-corrected chi connectivity index (χ1v) is 10.2. The molecule has 0 unspecified atom stereocenters. The first-order valence-electron chi connectivity index (χ1n) is 8.58. The topological polar surface area (TPSA) is 92.0 Å². The minimum absolute atomic E-state index is 0.0553. The fourth-order valence-corrected chi connectivity index (χ4v) is 4.74. The molecule has 1 aliphatic rings. The quantitative estimate of drug-likeness (QED) is 0.604. The smallest absolute Gasteiger partial charge is 0.326 e. The minimum Gasteiger partial charge on any atom is -0.465 e. The maximum atomic E-state index is 12.7. The van der Waals surface area contributed by atoms with Crippen molar-refractivity contribution in [2.75, 3.05) is 13.4 Å². The van der Waals surface area contributed by atoms with E-state index in [0.717, 1.165) is 15.2 Å². The molecule has 28 heavy (non-hydrogen) atoms. The molecule has 1 amide bonds. The van der Waals surface area contributed by atoms with Crippen molar-refractivity contribution in [3.8, 4) is 11.5 Å². The van der Waals surface area contributed by atoms with Gasteiger partial charge in [-0.1, -0.05) is 11.3 Å². The van der Waals surface area contributed by atoms with Crippen LogP contribution in [0.15, 0.2) is 17.1 Å². The van der Waals surface area contributed by atoms with Crippen molar-refractivity contribution in [1.29, 1.82) is 0 Å². The molecule has 3 aromatic rings. The zero-order valence-corrected chi connectivity index (χ0v) is 17.1. The van der Waals surface area contributed by atoms with Crippen LogP contribution in [0.1, 0.15) is 27.3 Å². The Kier molecular flexibility index (Phi) is 4.90. The van der Waals surface area contributed by atoms with E-state index < -0.39 is 5.97 Å². The van der Waals surface area contributed by atoms with Crippen LogP contribution < -0.4 is 14.3 Å². The van der Waals surface area contributed by atoms with Crippen LogP contribution in [0.2, 0.25) is 0 Å². The van der Waals surface area contributed by atoms with Crippen molar-refractivity contribution < 1.29 is 23.8 Å². The first kappa shape index (κ1) is 18.6. The number of carbonyl (C=O) groups is 2. The van der Waals surface area contributed by atoms with Gasteiger partial charge < -0.3 is 18.8 Å². The zero-order valence-electron chi connectivity index (χ0n) is 15.5. The number of carbonyl (C=O) groups excluding carboxylic acids is 2. The SMILES string of the molecule is CCOC(=O)Cn1c(=NC(=O)c2sc(C)nc2C)sc2cc3c(cc21)OCO3. The Hall–Kier alpha value is -2.72. The third-order valence-corrected chi connectivity index (χ3v) is 6.17. The lowest BCUT2D eigenvalue weighted by Gasteiger charge is -2.05. The lowest BCUT2D eigenvalue weighted by atomic mass is 10.3. The number of nitrogens with zero attached hydrogens (tertiary/aromatic N) is 3. The van der Waals surface area contributed by atoms with E-state index in [2.05, 4.69) is 9.98 Å². The molecule has 0 saturated carbocycles. The fourth-order valence-electron chi connectivity index (χ4n) is 2.90. The second kappa shape index (κ2) is 7.36. The Morgan fingerprint density at radius 2 is 2.00 bits per heavy atom. The Balaban J connectivity index is 1.85. The van der Waals surface area contributed by atoms with Gasteiger partial charge in [-0.2, -0.15) is 4.99 Å². The van der Waals surface area contributed by atoms with Gasteiger partial charge in [0.25, 0.3) is 5.91 Å². The largest absolute Gasteiger partial charge is 0.465 e. The number of benzene rings is 1. The van der Waals surface area contributed by atoms with Crippen LogP contribution in [-0.4, -0.2) is 34.8 Å². The molecule has 0 fully saturated rings. The number of fused-ring (bicyclic) bond motifs is 2. The van der Waals surface area contributed by atoms with Gasteiger partial charge in [0.1, 0.15) is 11.4 Å². The highest BCUT2D eigenvalue weighted by Crippen LogP contribution is 2.37. The third kappa shape index (κ3) is 3.40. The van der Waals surface area contributed by atoms with Gasteiger partial charge in [0.05, 0.1) is 27.5 Å². The van der Waals surface area contributed by atoms with Crippen LogP contribution in [0.5, 0.6) is 11.5 Å². The predicted octanol–water partition coefficient (Wildman–Crippen LogP) is 2.81. The molecular weight excluding hydrogens is 402 g/mol. The zero-order chi connectivity index (χ0) is 19.8. The lowest BCUT2D eigenvalue weighted by molar-refractivity contribution is -0.143. The van der Waals surface area contributed by atoms with E-state index in [1.54, 1.807) is 24.5 Å².